The molecular weight excluding hydrogens is 596 g/mol. The maximum Gasteiger partial charge on any atom is 0.284 e. The van der Waals surface area contributed by atoms with E-state index in [9.17, 15) is 18.0 Å². The standard InChI is InChI=1S/C30H33ClN4O5S2/c1-17(19-5-7-20(8-6-19)25-15-22(31)11-14-24(25)28(36)33-40-2)35(16-18-3-4-18)30-32-26(27(41-30)21-9-10-21)29(37)34-42(38,39)23-12-13-23/h5-8,11,14-15,17-18,21,23H,3-4,9-10,12-13,16H2,1-2H3,(H,33,36)(H,34,37)/t17-/m1/s1. The zero-order valence-electron chi connectivity index (χ0n) is 23.4. The number of nitrogens with one attached hydrogen (secondary N) is 2. The lowest BCUT2D eigenvalue weighted by atomic mass is 9.96. The molecule has 2 amide bonds. The van der Waals surface area contributed by atoms with Crippen LogP contribution in [-0.4, -0.2) is 44.1 Å². The molecule has 222 valence electrons. The topological polar surface area (TPSA) is 118 Å². The van der Waals surface area contributed by atoms with Gasteiger partial charge in [-0.1, -0.05) is 35.9 Å². The average molecular weight is 629 g/mol. The number of rotatable bonds is 12. The van der Waals surface area contributed by atoms with Crippen LogP contribution in [-0.2, 0) is 14.9 Å². The second-order valence-electron chi connectivity index (χ2n) is 11.4. The molecule has 3 fully saturated rings. The number of sulfonamides is 1. The second-order valence-corrected chi connectivity index (χ2v) is 14.8. The van der Waals surface area contributed by atoms with Gasteiger partial charge in [0.05, 0.1) is 18.4 Å². The Hall–Kier alpha value is -2.99. The van der Waals surface area contributed by atoms with Gasteiger partial charge in [-0.2, -0.15) is 0 Å². The number of halogens is 1. The van der Waals surface area contributed by atoms with Gasteiger partial charge in [0.25, 0.3) is 11.8 Å². The molecule has 2 N–H and O–H groups in total. The van der Waals surface area contributed by atoms with Crippen molar-refractivity contribution in [1.82, 2.24) is 15.2 Å². The highest BCUT2D eigenvalue weighted by Crippen LogP contribution is 2.48. The third kappa shape index (κ3) is 6.34. The first-order chi connectivity index (χ1) is 20.1. The van der Waals surface area contributed by atoms with E-state index in [1.54, 1.807) is 18.2 Å². The van der Waals surface area contributed by atoms with E-state index in [4.69, 9.17) is 21.4 Å². The molecule has 6 rings (SSSR count). The number of thiazole rings is 1. The lowest BCUT2D eigenvalue weighted by Crippen LogP contribution is -2.34. The average Bonchev–Trinajstić information content (AvgIpc) is 3.82. The first-order valence-corrected chi connectivity index (χ1v) is 16.9. The summed E-state index contributed by atoms with van der Waals surface area (Å²) < 4.78 is 27.3. The zero-order chi connectivity index (χ0) is 29.6. The second kappa shape index (κ2) is 11.6. The van der Waals surface area contributed by atoms with Crippen LogP contribution >= 0.6 is 22.9 Å². The third-order valence-electron chi connectivity index (χ3n) is 7.99. The molecule has 0 spiro atoms. The van der Waals surface area contributed by atoms with Gasteiger partial charge in [0.1, 0.15) is 5.69 Å². The van der Waals surface area contributed by atoms with E-state index < -0.39 is 21.2 Å². The molecule has 3 saturated carbocycles. The summed E-state index contributed by atoms with van der Waals surface area (Å²) in [5, 5.41) is 0.783. The lowest BCUT2D eigenvalue weighted by Gasteiger charge is -2.29. The fourth-order valence-electron chi connectivity index (χ4n) is 5.07. The number of nitrogens with zero attached hydrogens (tertiary/aromatic N) is 2. The molecule has 0 radical (unpaired) electrons. The quantitative estimate of drug-likeness (QED) is 0.242. The summed E-state index contributed by atoms with van der Waals surface area (Å²) in [4.78, 5) is 38.4. The van der Waals surface area contributed by atoms with Gasteiger partial charge in [-0.05, 0) is 92.2 Å². The van der Waals surface area contributed by atoms with E-state index in [1.165, 1.54) is 18.4 Å². The minimum Gasteiger partial charge on any atom is -0.341 e. The van der Waals surface area contributed by atoms with E-state index in [-0.39, 0.29) is 23.6 Å². The van der Waals surface area contributed by atoms with Crippen LogP contribution in [0.4, 0.5) is 5.13 Å². The van der Waals surface area contributed by atoms with Crippen molar-refractivity contribution in [3.05, 3.63) is 69.2 Å². The Labute approximate surface area is 254 Å². The van der Waals surface area contributed by atoms with Gasteiger partial charge < -0.3 is 4.90 Å². The Kier molecular flexibility index (Phi) is 8.03. The summed E-state index contributed by atoms with van der Waals surface area (Å²) >= 11 is 7.78. The van der Waals surface area contributed by atoms with E-state index in [0.717, 1.165) is 53.4 Å². The number of carbonyl (C=O) groups excluding carboxylic acids is 2. The molecule has 3 aromatic rings. The molecule has 0 saturated heterocycles. The first-order valence-electron chi connectivity index (χ1n) is 14.2. The van der Waals surface area contributed by atoms with Crippen molar-refractivity contribution in [1.29, 1.82) is 0 Å². The molecule has 0 bridgehead atoms. The number of anilines is 1. The maximum absolute atomic E-state index is 13.2. The van der Waals surface area contributed by atoms with Crippen LogP contribution in [0.15, 0.2) is 42.5 Å². The fourth-order valence-corrected chi connectivity index (χ4v) is 7.84. The molecule has 2 aromatic carbocycles. The molecule has 1 atom stereocenters. The number of aromatic nitrogens is 1. The smallest absolute Gasteiger partial charge is 0.284 e. The van der Waals surface area contributed by atoms with Crippen LogP contribution in [0.5, 0.6) is 0 Å². The number of hydrogen-bond donors (Lipinski definition) is 2. The van der Waals surface area contributed by atoms with Crippen LogP contribution < -0.4 is 15.1 Å². The first kappa shape index (κ1) is 29.1. The Morgan fingerprint density at radius 1 is 1.07 bits per heavy atom. The van der Waals surface area contributed by atoms with E-state index in [2.05, 4.69) is 22.0 Å². The van der Waals surface area contributed by atoms with Crippen molar-refractivity contribution < 1.29 is 22.8 Å². The van der Waals surface area contributed by atoms with Crippen molar-refractivity contribution >= 4 is 49.9 Å². The SMILES string of the molecule is CONC(=O)c1ccc(Cl)cc1-c1ccc([C@@H](C)N(CC2CC2)c2nc(C(=O)NS(=O)(=O)C3CC3)c(C3CC3)s2)cc1. The molecule has 0 aliphatic heterocycles. The number of hydroxylamine groups is 1. The van der Waals surface area contributed by atoms with Crippen molar-refractivity contribution in [3.8, 4) is 11.1 Å². The minimum absolute atomic E-state index is 0.0559. The highest BCUT2D eigenvalue weighted by Gasteiger charge is 2.40. The Balaban J connectivity index is 1.28. The highest BCUT2D eigenvalue weighted by molar-refractivity contribution is 7.91. The third-order valence-corrected chi connectivity index (χ3v) is 11.3. The maximum atomic E-state index is 13.2. The molecule has 3 aliphatic rings. The van der Waals surface area contributed by atoms with Crippen LogP contribution in [0, 0.1) is 5.92 Å². The Morgan fingerprint density at radius 3 is 2.40 bits per heavy atom. The molecule has 3 aliphatic carbocycles. The molecule has 1 heterocycles. The monoisotopic (exact) mass is 628 g/mol. The predicted molar refractivity (Wildman–Crippen MR) is 163 cm³/mol. The molecule has 9 nitrogen and oxygen atoms in total. The highest BCUT2D eigenvalue weighted by atomic mass is 35.5. The van der Waals surface area contributed by atoms with E-state index >= 15 is 0 Å². The Morgan fingerprint density at radius 2 is 1.79 bits per heavy atom. The molecule has 42 heavy (non-hydrogen) atoms. The summed E-state index contributed by atoms with van der Waals surface area (Å²) in [5.74, 6) is -0.178. The summed E-state index contributed by atoms with van der Waals surface area (Å²) in [5.41, 5.74) is 5.64. The summed E-state index contributed by atoms with van der Waals surface area (Å²) in [6.07, 6.45) is 5.43. The zero-order valence-corrected chi connectivity index (χ0v) is 25.8. The van der Waals surface area contributed by atoms with Crippen LogP contribution in [0.2, 0.25) is 5.02 Å². The van der Waals surface area contributed by atoms with Crippen LogP contribution in [0.25, 0.3) is 11.1 Å². The Bertz CT molecular complexity index is 1610. The lowest BCUT2D eigenvalue weighted by molar-refractivity contribution is 0.0538. The van der Waals surface area contributed by atoms with Gasteiger partial charge in [0, 0.05) is 22.0 Å². The number of amides is 2. The molecular formula is C30H33ClN4O5S2. The number of carbonyl (C=O) groups is 2. The van der Waals surface area contributed by atoms with Crippen molar-refractivity contribution in [3.63, 3.8) is 0 Å². The van der Waals surface area contributed by atoms with Gasteiger partial charge in [-0.25, -0.2) is 23.6 Å². The van der Waals surface area contributed by atoms with Crippen molar-refractivity contribution in [2.45, 2.75) is 62.7 Å². The van der Waals surface area contributed by atoms with Gasteiger partial charge in [-0.15, -0.1) is 11.3 Å². The fraction of sp³-hybridized carbons (Fsp3) is 0.433. The largest absolute Gasteiger partial charge is 0.341 e. The normalized spacial score (nSPS) is 17.5. The van der Waals surface area contributed by atoms with Gasteiger partial charge >= 0.3 is 0 Å². The van der Waals surface area contributed by atoms with Gasteiger partial charge in [0.15, 0.2) is 5.13 Å². The molecule has 12 heteroatoms. The van der Waals surface area contributed by atoms with Crippen molar-refractivity contribution in [2.24, 2.45) is 5.92 Å². The van der Waals surface area contributed by atoms with Crippen LogP contribution in [0.1, 0.15) is 88.7 Å². The van der Waals surface area contributed by atoms with E-state index in [0.29, 0.717) is 34.9 Å². The van der Waals surface area contributed by atoms with Gasteiger partial charge in [-0.3, -0.25) is 14.4 Å². The predicted octanol–water partition coefficient (Wildman–Crippen LogP) is 5.83. The molecule has 0 unspecified atom stereocenters. The number of hydrogen-bond acceptors (Lipinski definition) is 8. The summed E-state index contributed by atoms with van der Waals surface area (Å²) in [7, 11) is -2.28. The summed E-state index contributed by atoms with van der Waals surface area (Å²) in [6, 6.07) is 13.0. The van der Waals surface area contributed by atoms with Crippen molar-refractivity contribution in [2.75, 3.05) is 18.6 Å². The molecule has 1 aromatic heterocycles. The number of benzene rings is 2. The van der Waals surface area contributed by atoms with E-state index in [1.807, 2.05) is 24.3 Å². The van der Waals surface area contributed by atoms with Crippen LogP contribution in [0.3, 0.4) is 0 Å². The summed E-state index contributed by atoms with van der Waals surface area (Å²) in [6.45, 7) is 2.92. The van der Waals surface area contributed by atoms with Gasteiger partial charge in [0.2, 0.25) is 10.0 Å². The minimum atomic E-state index is -3.67.